The molecule has 1 saturated heterocycles. The Morgan fingerprint density at radius 1 is 1.39 bits per heavy atom. The highest BCUT2D eigenvalue weighted by molar-refractivity contribution is 5.85. The molecule has 1 fully saturated rings. The molecule has 0 radical (unpaired) electrons. The van der Waals surface area contributed by atoms with Crippen molar-refractivity contribution in [1.82, 2.24) is 4.90 Å². The van der Waals surface area contributed by atoms with Crippen LogP contribution in [0.25, 0.3) is 0 Å². The lowest BCUT2D eigenvalue weighted by Gasteiger charge is -2.24. The molecule has 2 atom stereocenters. The molecule has 0 aliphatic carbocycles. The van der Waals surface area contributed by atoms with Gasteiger partial charge in [-0.25, -0.2) is 0 Å². The molecule has 1 aromatic carbocycles. The van der Waals surface area contributed by atoms with E-state index >= 15 is 0 Å². The average Bonchev–Trinajstić information content (AvgIpc) is 2.69. The minimum Gasteiger partial charge on any atom is -0.481 e. The first-order valence-corrected chi connectivity index (χ1v) is 6.19. The van der Waals surface area contributed by atoms with Crippen LogP contribution in [0.15, 0.2) is 30.3 Å². The first-order valence-electron chi connectivity index (χ1n) is 6.19. The zero-order valence-corrected chi connectivity index (χ0v) is 11.4. The van der Waals surface area contributed by atoms with Gasteiger partial charge in [0.25, 0.3) is 0 Å². The molecule has 0 saturated carbocycles. The first kappa shape index (κ1) is 15.0. The highest BCUT2D eigenvalue weighted by Gasteiger charge is 2.31. The fraction of sp³-hybridized carbons (Fsp3) is 0.500. The van der Waals surface area contributed by atoms with Crippen molar-refractivity contribution < 1.29 is 9.90 Å². The Morgan fingerprint density at radius 3 is 2.67 bits per heavy atom. The van der Waals surface area contributed by atoms with Gasteiger partial charge < -0.3 is 5.11 Å². The van der Waals surface area contributed by atoms with Crippen LogP contribution in [0.4, 0.5) is 0 Å². The first-order chi connectivity index (χ1) is 8.18. The highest BCUT2D eigenvalue weighted by atomic mass is 35.5. The Labute approximate surface area is 114 Å². The van der Waals surface area contributed by atoms with Gasteiger partial charge in [-0.2, -0.15) is 0 Å². The van der Waals surface area contributed by atoms with E-state index in [9.17, 15) is 4.79 Å². The zero-order chi connectivity index (χ0) is 12.3. The van der Waals surface area contributed by atoms with Crippen molar-refractivity contribution in [1.29, 1.82) is 0 Å². The number of aliphatic carboxylic acids is 1. The van der Waals surface area contributed by atoms with Crippen LogP contribution in [0.3, 0.4) is 0 Å². The largest absolute Gasteiger partial charge is 0.481 e. The molecule has 18 heavy (non-hydrogen) atoms. The zero-order valence-electron chi connectivity index (χ0n) is 10.6. The van der Waals surface area contributed by atoms with E-state index in [1.165, 1.54) is 5.56 Å². The van der Waals surface area contributed by atoms with Gasteiger partial charge in [0.2, 0.25) is 0 Å². The van der Waals surface area contributed by atoms with E-state index in [1.807, 2.05) is 6.07 Å². The van der Waals surface area contributed by atoms with E-state index < -0.39 is 5.97 Å². The number of carboxylic acid groups (broad SMARTS) is 1. The average molecular weight is 270 g/mol. The highest BCUT2D eigenvalue weighted by Crippen LogP contribution is 2.32. The van der Waals surface area contributed by atoms with Crippen LogP contribution in [-0.2, 0) is 4.79 Å². The quantitative estimate of drug-likeness (QED) is 0.914. The van der Waals surface area contributed by atoms with E-state index in [2.05, 4.69) is 36.1 Å². The topological polar surface area (TPSA) is 40.5 Å². The van der Waals surface area contributed by atoms with Crippen molar-refractivity contribution in [2.45, 2.75) is 31.7 Å². The van der Waals surface area contributed by atoms with Gasteiger partial charge in [-0.3, -0.25) is 9.69 Å². The van der Waals surface area contributed by atoms with Gasteiger partial charge >= 0.3 is 5.97 Å². The number of halogens is 1. The van der Waals surface area contributed by atoms with E-state index in [4.69, 9.17) is 5.11 Å². The Kier molecular flexibility index (Phi) is 5.63. The number of hydrogen-bond donors (Lipinski definition) is 1. The number of carbonyl (C=O) groups is 1. The Bertz CT molecular complexity index is 383. The Morgan fingerprint density at radius 2 is 2.06 bits per heavy atom. The SMILES string of the molecule is CC1C(c2ccccc2)CCN1CCC(=O)O.Cl. The molecule has 1 aliphatic rings. The molecule has 0 spiro atoms. The summed E-state index contributed by atoms with van der Waals surface area (Å²) < 4.78 is 0. The van der Waals surface area contributed by atoms with Gasteiger partial charge in [0.1, 0.15) is 0 Å². The third kappa shape index (κ3) is 3.47. The van der Waals surface area contributed by atoms with Crippen LogP contribution in [0.1, 0.15) is 31.2 Å². The standard InChI is InChI=1S/C14H19NO2.ClH/c1-11-13(12-5-3-2-4-6-12)7-9-15(11)10-8-14(16)17;/h2-6,11,13H,7-10H2,1H3,(H,16,17);1H. The molecule has 0 amide bonds. The summed E-state index contributed by atoms with van der Waals surface area (Å²) in [5, 5.41) is 8.72. The fourth-order valence-electron chi connectivity index (χ4n) is 2.70. The fourth-order valence-corrected chi connectivity index (χ4v) is 2.70. The molecule has 1 heterocycles. The summed E-state index contributed by atoms with van der Waals surface area (Å²) in [6, 6.07) is 11.0. The van der Waals surface area contributed by atoms with Crippen molar-refractivity contribution in [3.05, 3.63) is 35.9 Å². The minimum atomic E-state index is -0.708. The molecule has 1 aliphatic heterocycles. The summed E-state index contributed by atoms with van der Waals surface area (Å²) in [5.74, 6) is -0.162. The van der Waals surface area contributed by atoms with Gasteiger partial charge in [0, 0.05) is 18.5 Å². The second kappa shape index (κ2) is 6.76. The molecule has 2 unspecified atom stereocenters. The maximum atomic E-state index is 10.6. The van der Waals surface area contributed by atoms with Crippen LogP contribution in [0.5, 0.6) is 0 Å². The molecule has 4 heteroatoms. The summed E-state index contributed by atoms with van der Waals surface area (Å²) in [7, 11) is 0. The predicted octanol–water partition coefficient (Wildman–Crippen LogP) is 2.76. The molecule has 1 N–H and O–H groups in total. The number of carboxylic acids is 1. The number of hydrogen-bond acceptors (Lipinski definition) is 2. The van der Waals surface area contributed by atoms with Crippen molar-refractivity contribution >= 4 is 18.4 Å². The van der Waals surface area contributed by atoms with E-state index in [0.717, 1.165) is 13.0 Å². The maximum Gasteiger partial charge on any atom is 0.304 e. The number of nitrogens with zero attached hydrogens (tertiary/aromatic N) is 1. The normalized spacial score (nSPS) is 23.6. The van der Waals surface area contributed by atoms with E-state index in [1.54, 1.807) is 0 Å². The van der Waals surface area contributed by atoms with Crippen LogP contribution in [0, 0.1) is 0 Å². The molecule has 0 aromatic heterocycles. The van der Waals surface area contributed by atoms with Gasteiger partial charge in [0.15, 0.2) is 0 Å². The van der Waals surface area contributed by atoms with Crippen molar-refractivity contribution in [3.8, 4) is 0 Å². The molecular formula is C14H20ClNO2. The lowest BCUT2D eigenvalue weighted by Crippen LogP contribution is -2.31. The van der Waals surface area contributed by atoms with E-state index in [0.29, 0.717) is 18.5 Å². The molecule has 100 valence electrons. The Balaban J connectivity index is 0.00000162. The van der Waals surface area contributed by atoms with Crippen molar-refractivity contribution in [2.24, 2.45) is 0 Å². The summed E-state index contributed by atoms with van der Waals surface area (Å²) in [6.07, 6.45) is 1.37. The summed E-state index contributed by atoms with van der Waals surface area (Å²) >= 11 is 0. The van der Waals surface area contributed by atoms with Crippen molar-refractivity contribution in [3.63, 3.8) is 0 Å². The third-order valence-electron chi connectivity index (χ3n) is 3.73. The monoisotopic (exact) mass is 269 g/mol. The number of rotatable bonds is 4. The van der Waals surface area contributed by atoms with Gasteiger partial charge in [-0.15, -0.1) is 12.4 Å². The number of likely N-dealkylation sites (tertiary alicyclic amines) is 1. The van der Waals surface area contributed by atoms with Crippen LogP contribution < -0.4 is 0 Å². The third-order valence-corrected chi connectivity index (χ3v) is 3.73. The second-order valence-electron chi connectivity index (χ2n) is 4.73. The van der Waals surface area contributed by atoms with Crippen LogP contribution >= 0.6 is 12.4 Å². The summed E-state index contributed by atoms with van der Waals surface area (Å²) in [5.41, 5.74) is 1.37. The van der Waals surface area contributed by atoms with Gasteiger partial charge in [0.05, 0.1) is 6.42 Å². The van der Waals surface area contributed by atoms with Crippen LogP contribution in [0.2, 0.25) is 0 Å². The number of benzene rings is 1. The van der Waals surface area contributed by atoms with Crippen LogP contribution in [-0.4, -0.2) is 35.1 Å². The molecular weight excluding hydrogens is 250 g/mol. The second-order valence-corrected chi connectivity index (χ2v) is 4.73. The maximum absolute atomic E-state index is 10.6. The predicted molar refractivity (Wildman–Crippen MR) is 74.3 cm³/mol. The van der Waals surface area contributed by atoms with Gasteiger partial charge in [-0.05, 0) is 25.5 Å². The smallest absolute Gasteiger partial charge is 0.304 e. The minimum absolute atomic E-state index is 0. The van der Waals surface area contributed by atoms with E-state index in [-0.39, 0.29) is 18.8 Å². The lowest BCUT2D eigenvalue weighted by atomic mass is 9.93. The van der Waals surface area contributed by atoms with Crippen molar-refractivity contribution in [2.75, 3.05) is 13.1 Å². The molecule has 1 aromatic rings. The lowest BCUT2D eigenvalue weighted by molar-refractivity contribution is -0.137. The molecule has 0 bridgehead atoms. The van der Waals surface area contributed by atoms with Gasteiger partial charge in [-0.1, -0.05) is 30.3 Å². The summed E-state index contributed by atoms with van der Waals surface area (Å²) in [6.45, 7) is 3.88. The summed E-state index contributed by atoms with van der Waals surface area (Å²) in [4.78, 5) is 12.9. The molecule has 3 nitrogen and oxygen atoms in total. The Hall–Kier alpha value is -1.06. The molecule has 2 rings (SSSR count).